The zero-order valence-corrected chi connectivity index (χ0v) is 39.5. The summed E-state index contributed by atoms with van der Waals surface area (Å²) in [5.41, 5.74) is -0.103. The predicted molar refractivity (Wildman–Crippen MR) is 251 cm³/mol. The maximum atomic E-state index is 12.7. The van der Waals surface area contributed by atoms with Gasteiger partial charge >= 0.3 is 0 Å². The number of hydrogen-bond donors (Lipinski definition) is 10. The van der Waals surface area contributed by atoms with Gasteiger partial charge in [-0.2, -0.15) is 63.6 Å². The molecule has 2 aliphatic heterocycles. The first-order valence-electron chi connectivity index (χ1n) is 21.1. The minimum absolute atomic E-state index is 0.0110. The van der Waals surface area contributed by atoms with E-state index in [4.69, 9.17) is 0 Å². The van der Waals surface area contributed by atoms with E-state index in [1.54, 1.807) is 0 Å². The Morgan fingerprint density at radius 3 is 1.29 bits per heavy atom. The molecule has 0 spiro atoms. The summed E-state index contributed by atoms with van der Waals surface area (Å²) in [4.78, 5) is 28.7. The van der Waals surface area contributed by atoms with Gasteiger partial charge in [0.25, 0.3) is 40.5 Å². The molecule has 0 bridgehead atoms. The number of piperidine rings is 2. The Kier molecular flexibility index (Phi) is 17.1. The lowest BCUT2D eigenvalue weighted by atomic mass is 9.95. The maximum absolute atomic E-state index is 12.7. The molecular weight excluding hydrogens is 977 g/mol. The molecule has 6 rings (SSSR count). The zero-order valence-electron chi connectivity index (χ0n) is 36.2. The van der Waals surface area contributed by atoms with Crippen molar-refractivity contribution < 1.29 is 62.1 Å². The summed E-state index contributed by atoms with van der Waals surface area (Å²) in [5.74, 6) is -1.04. The van der Waals surface area contributed by atoms with Crippen LogP contribution in [-0.2, 0) is 40.5 Å². The largest absolute Gasteiger partial charge is 0.396 e. The quantitative estimate of drug-likeness (QED) is 0.0397. The number of aliphatic hydroxyl groups excluding tert-OH is 2. The molecule has 4 aromatic rings. The number of aliphatic hydroxyl groups is 2. The monoisotopic (exact) mass is 1030 g/mol. The van der Waals surface area contributed by atoms with Crippen LogP contribution in [0.1, 0.15) is 49.7 Å². The SMILES string of the molecule is O=S(=O)(O)CCNc1nc(Nc2ccc(/C=C/c3ccc(Nc4nc(NCCS(=O)(=O)O)nc(N5CCCC(CCO)C5)n4)cc3S(=O)(=O)O)c(S(=O)(=O)O)c2)nc(N2CCCC(CCO)C2)n1. The van der Waals surface area contributed by atoms with Crippen LogP contribution >= 0.6 is 0 Å². The van der Waals surface area contributed by atoms with Crippen LogP contribution in [0.3, 0.4) is 0 Å². The molecule has 2 unspecified atom stereocenters. The highest BCUT2D eigenvalue weighted by Crippen LogP contribution is 2.30. The van der Waals surface area contributed by atoms with Crippen molar-refractivity contribution in [2.45, 2.75) is 48.3 Å². The van der Waals surface area contributed by atoms with Crippen molar-refractivity contribution >= 4 is 99.7 Å². The molecule has 2 aliphatic rings. The van der Waals surface area contributed by atoms with Crippen LogP contribution in [0.15, 0.2) is 46.2 Å². The topological polar surface area (TPSA) is 390 Å². The highest BCUT2D eigenvalue weighted by molar-refractivity contribution is 7.86. The summed E-state index contributed by atoms with van der Waals surface area (Å²) in [6, 6.07) is 7.51. The van der Waals surface area contributed by atoms with Crippen LogP contribution in [0, 0.1) is 11.8 Å². The molecule has 0 amide bonds. The second kappa shape index (κ2) is 22.3. The molecule has 2 saturated heterocycles. The summed E-state index contributed by atoms with van der Waals surface area (Å²) in [6.07, 6.45) is 6.74. The Hall–Kier alpha value is -5.44. The zero-order chi connectivity index (χ0) is 49.3. The number of rotatable bonds is 22. The lowest BCUT2D eigenvalue weighted by molar-refractivity contribution is 0.243. The normalized spacial score (nSPS) is 17.3. The van der Waals surface area contributed by atoms with Crippen LogP contribution in [0.4, 0.5) is 47.1 Å². The third-order valence-corrected chi connectivity index (χ3v) is 14.0. The highest BCUT2D eigenvalue weighted by atomic mass is 32.2. The smallest absolute Gasteiger partial charge is 0.295 e. The van der Waals surface area contributed by atoms with Crippen LogP contribution < -0.4 is 31.1 Å². The fourth-order valence-electron chi connectivity index (χ4n) is 7.58. The maximum Gasteiger partial charge on any atom is 0.295 e. The van der Waals surface area contributed by atoms with Crippen molar-refractivity contribution in [3.63, 3.8) is 0 Å². The van der Waals surface area contributed by atoms with E-state index >= 15 is 0 Å². The van der Waals surface area contributed by atoms with E-state index in [1.807, 2.05) is 9.80 Å². The molecule has 30 heteroatoms. The number of hydrogen-bond acceptors (Lipinski definition) is 22. The van der Waals surface area contributed by atoms with Crippen LogP contribution in [-0.4, -0.2) is 156 Å². The first kappa shape index (κ1) is 51.9. The number of anilines is 8. The average Bonchev–Trinajstić information content (AvgIpc) is 3.25. The van der Waals surface area contributed by atoms with Crippen molar-refractivity contribution in [1.82, 2.24) is 29.9 Å². The third-order valence-electron chi connectivity index (χ3n) is 10.7. The molecule has 0 saturated carbocycles. The number of nitrogens with one attached hydrogen (secondary N) is 4. The fourth-order valence-corrected chi connectivity index (χ4v) is 9.72. The van der Waals surface area contributed by atoms with Gasteiger partial charge in [-0.25, -0.2) is 0 Å². The van der Waals surface area contributed by atoms with E-state index in [0.717, 1.165) is 37.8 Å². The van der Waals surface area contributed by atoms with Gasteiger partial charge in [-0.15, -0.1) is 0 Å². The van der Waals surface area contributed by atoms with Gasteiger partial charge in [0.2, 0.25) is 35.7 Å². The van der Waals surface area contributed by atoms with E-state index < -0.39 is 61.8 Å². The Morgan fingerprint density at radius 1 is 0.559 bits per heavy atom. The fraction of sp³-hybridized carbons (Fsp3) is 0.474. The molecule has 2 atom stereocenters. The van der Waals surface area contributed by atoms with Gasteiger partial charge in [0, 0.05) is 63.9 Å². The molecule has 2 fully saturated rings. The Balaban J connectivity index is 1.27. The van der Waals surface area contributed by atoms with Gasteiger partial charge in [-0.05, 0) is 85.8 Å². The van der Waals surface area contributed by atoms with Gasteiger partial charge < -0.3 is 41.3 Å². The third kappa shape index (κ3) is 15.5. The molecule has 0 aliphatic carbocycles. The summed E-state index contributed by atoms with van der Waals surface area (Å²) < 4.78 is 135. The van der Waals surface area contributed by atoms with Gasteiger partial charge in [-0.1, -0.05) is 24.3 Å². The number of benzene rings is 2. The average molecular weight is 1030 g/mol. The summed E-state index contributed by atoms with van der Waals surface area (Å²) in [7, 11) is -18.6. The standard InChI is InChI=1S/C38H52N12O14S4/c51-17-11-25-3-1-15-49(23-25)37-45-33(39-13-19-65(53,54)55)43-35(47-37)41-29-9-7-27(31(21-29)67(59,60)61)5-6-28-8-10-30(22-32(28)68(62,63)64)42-36-44-34(40-14-20-66(56,57)58)46-38(48-36)50-16-2-4-26(24-50)12-18-52/h5-10,21-22,25-26,51-52H,1-4,11-20,23-24H2,(H,53,54,55)(H,56,57,58)(H,59,60,61)(H,62,63,64)(H2,39,41,43,45,47)(H2,40,42,44,46,48)/b6-5+. The van der Waals surface area contributed by atoms with Crippen molar-refractivity contribution in [3.05, 3.63) is 47.5 Å². The van der Waals surface area contributed by atoms with Crippen molar-refractivity contribution in [2.75, 3.05) is 95.1 Å². The van der Waals surface area contributed by atoms with Crippen molar-refractivity contribution in [2.24, 2.45) is 11.8 Å². The van der Waals surface area contributed by atoms with Gasteiger partial charge in [0.05, 0.1) is 11.5 Å². The molecule has 26 nitrogen and oxygen atoms in total. The van der Waals surface area contributed by atoms with Crippen molar-refractivity contribution in [3.8, 4) is 0 Å². The molecule has 2 aromatic heterocycles. The first-order chi connectivity index (χ1) is 32.0. The minimum Gasteiger partial charge on any atom is -0.396 e. The summed E-state index contributed by atoms with van der Waals surface area (Å²) in [5, 5.41) is 30.2. The van der Waals surface area contributed by atoms with Crippen LogP contribution in [0.5, 0.6) is 0 Å². The molecule has 4 heterocycles. The van der Waals surface area contributed by atoms with E-state index in [1.165, 1.54) is 36.4 Å². The number of aromatic nitrogens is 6. The van der Waals surface area contributed by atoms with Gasteiger partial charge in [0.15, 0.2) is 0 Å². The Morgan fingerprint density at radius 2 is 0.941 bits per heavy atom. The first-order valence-corrected chi connectivity index (χ1v) is 27.2. The Bertz CT molecular complexity index is 2720. The molecule has 2 aromatic carbocycles. The summed E-state index contributed by atoms with van der Waals surface area (Å²) >= 11 is 0. The summed E-state index contributed by atoms with van der Waals surface area (Å²) in [6.45, 7) is 1.54. The lowest BCUT2D eigenvalue weighted by Gasteiger charge is -2.32. The van der Waals surface area contributed by atoms with Gasteiger partial charge in [0.1, 0.15) is 9.79 Å². The van der Waals surface area contributed by atoms with Crippen LogP contribution in [0.25, 0.3) is 12.2 Å². The van der Waals surface area contributed by atoms with E-state index in [-0.39, 0.29) is 96.3 Å². The van der Waals surface area contributed by atoms with E-state index in [0.29, 0.717) is 39.0 Å². The Labute approximate surface area is 392 Å². The number of nitrogens with zero attached hydrogens (tertiary/aromatic N) is 8. The molecule has 372 valence electrons. The minimum atomic E-state index is -4.96. The van der Waals surface area contributed by atoms with Crippen LogP contribution in [0.2, 0.25) is 0 Å². The van der Waals surface area contributed by atoms with E-state index in [2.05, 4.69) is 51.2 Å². The second-order valence-electron chi connectivity index (χ2n) is 16.0. The highest BCUT2D eigenvalue weighted by Gasteiger charge is 2.26. The van der Waals surface area contributed by atoms with Crippen molar-refractivity contribution in [1.29, 1.82) is 0 Å². The molecular formula is C38H52N12O14S4. The molecule has 68 heavy (non-hydrogen) atoms. The second-order valence-corrected chi connectivity index (χ2v) is 21.9. The van der Waals surface area contributed by atoms with Gasteiger partial charge in [-0.3, -0.25) is 18.2 Å². The molecule has 10 N–H and O–H groups in total. The predicted octanol–water partition coefficient (Wildman–Crippen LogP) is 2.00. The van der Waals surface area contributed by atoms with E-state index in [9.17, 15) is 62.1 Å². The lowest BCUT2D eigenvalue weighted by Crippen LogP contribution is -2.37. The molecule has 0 radical (unpaired) electrons.